The number of hydrogen-bond donors (Lipinski definition) is 1. The summed E-state index contributed by atoms with van der Waals surface area (Å²) in [5.74, 6) is -1.52. The topological polar surface area (TPSA) is 134 Å². The summed E-state index contributed by atoms with van der Waals surface area (Å²) in [5, 5.41) is 12.6. The molecule has 0 saturated carbocycles. The number of carboxylic acids is 1. The minimum Gasteiger partial charge on any atom is -0.478 e. The van der Waals surface area contributed by atoms with E-state index in [1.807, 2.05) is 6.92 Å². The van der Waals surface area contributed by atoms with Gasteiger partial charge in [0.15, 0.2) is 6.29 Å². The molecule has 4 rings (SSSR count). The summed E-state index contributed by atoms with van der Waals surface area (Å²) in [6.07, 6.45) is 2.95. The van der Waals surface area contributed by atoms with Gasteiger partial charge in [0.25, 0.3) is 0 Å². The van der Waals surface area contributed by atoms with Crippen molar-refractivity contribution in [3.63, 3.8) is 0 Å². The first-order valence-corrected chi connectivity index (χ1v) is 9.55. The molecule has 10 nitrogen and oxygen atoms in total. The number of carbonyl (C=O) groups is 2. The average molecular weight is 445 g/mol. The molecular weight excluding hydrogens is 425 g/mol. The maximum absolute atomic E-state index is 13.0. The zero-order chi connectivity index (χ0) is 22.9. The molecule has 168 valence electrons. The molecule has 0 amide bonds. The molecule has 0 spiro atoms. The van der Waals surface area contributed by atoms with Crippen LogP contribution in [0.25, 0.3) is 11.4 Å². The molecule has 1 aliphatic heterocycles. The van der Waals surface area contributed by atoms with Gasteiger partial charge in [-0.2, -0.15) is 0 Å². The highest BCUT2D eigenvalue weighted by molar-refractivity contribution is 5.87. The molecule has 0 aromatic carbocycles. The van der Waals surface area contributed by atoms with E-state index in [0.29, 0.717) is 23.6 Å². The Kier molecular flexibility index (Phi) is 7.95. The molecule has 4 heterocycles. The molecule has 1 unspecified atom stereocenters. The highest BCUT2D eigenvalue weighted by atomic mass is 19.1. The first-order valence-electron chi connectivity index (χ1n) is 9.55. The second-order valence-corrected chi connectivity index (χ2v) is 6.59. The summed E-state index contributed by atoms with van der Waals surface area (Å²) in [7, 11) is 0. The van der Waals surface area contributed by atoms with Crippen molar-refractivity contribution in [1.82, 2.24) is 15.1 Å². The van der Waals surface area contributed by atoms with Crippen LogP contribution in [0.3, 0.4) is 0 Å². The van der Waals surface area contributed by atoms with E-state index >= 15 is 0 Å². The molecule has 3 aromatic rings. The Labute approximate surface area is 181 Å². The standard InChI is InChI=1S/C16H10FN3O5.C5H10O2/c17-10-2-3-12(18-6-10)15-11(13(7-21)25-20-15)8-24-14-4-1-9(5-19-14)16(22)23;1-5-4-6-2-3-7-5/h1-7H,8H2,(H,22,23);5H,2-4H2,1H3. The lowest BCUT2D eigenvalue weighted by molar-refractivity contribution is -0.0797. The Hall–Kier alpha value is -3.70. The van der Waals surface area contributed by atoms with Gasteiger partial charge in [-0.1, -0.05) is 5.16 Å². The van der Waals surface area contributed by atoms with Gasteiger partial charge in [0.1, 0.15) is 18.1 Å². The maximum Gasteiger partial charge on any atom is 0.337 e. The van der Waals surface area contributed by atoms with Crippen LogP contribution in [0.5, 0.6) is 5.88 Å². The number of carboxylic acid groups (broad SMARTS) is 1. The summed E-state index contributed by atoms with van der Waals surface area (Å²) in [6.45, 7) is 4.19. The number of rotatable bonds is 6. The average Bonchev–Trinajstić information content (AvgIpc) is 3.22. The summed E-state index contributed by atoms with van der Waals surface area (Å²) in [4.78, 5) is 29.7. The van der Waals surface area contributed by atoms with Crippen molar-refractivity contribution >= 4 is 12.3 Å². The van der Waals surface area contributed by atoms with Crippen molar-refractivity contribution in [2.75, 3.05) is 19.8 Å². The minimum absolute atomic E-state index is 0.0158. The van der Waals surface area contributed by atoms with Crippen LogP contribution >= 0.6 is 0 Å². The fourth-order valence-corrected chi connectivity index (χ4v) is 2.62. The summed E-state index contributed by atoms with van der Waals surface area (Å²) in [5.41, 5.74) is 0.885. The highest BCUT2D eigenvalue weighted by Gasteiger charge is 2.19. The Balaban J connectivity index is 0.000000352. The predicted octanol–water partition coefficient (Wildman–Crippen LogP) is 2.78. The first-order chi connectivity index (χ1) is 15.5. The maximum atomic E-state index is 13.0. The lowest BCUT2D eigenvalue weighted by Gasteiger charge is -2.18. The van der Waals surface area contributed by atoms with Crippen LogP contribution < -0.4 is 4.74 Å². The monoisotopic (exact) mass is 445 g/mol. The number of hydrogen-bond acceptors (Lipinski definition) is 9. The fraction of sp³-hybridized carbons (Fsp3) is 0.286. The molecule has 11 heteroatoms. The molecule has 1 aliphatic rings. The zero-order valence-electron chi connectivity index (χ0n) is 17.1. The number of aldehydes is 1. The molecule has 0 bridgehead atoms. The van der Waals surface area contributed by atoms with Crippen LogP contribution in [-0.4, -0.2) is 58.4 Å². The van der Waals surface area contributed by atoms with E-state index < -0.39 is 11.8 Å². The van der Waals surface area contributed by atoms with Crippen LogP contribution in [0.2, 0.25) is 0 Å². The smallest absolute Gasteiger partial charge is 0.337 e. The van der Waals surface area contributed by atoms with Gasteiger partial charge in [-0.15, -0.1) is 0 Å². The molecule has 32 heavy (non-hydrogen) atoms. The summed E-state index contributed by atoms with van der Waals surface area (Å²) < 4.78 is 33.6. The van der Waals surface area contributed by atoms with Crippen LogP contribution in [0.1, 0.15) is 33.4 Å². The van der Waals surface area contributed by atoms with E-state index in [2.05, 4.69) is 15.1 Å². The van der Waals surface area contributed by atoms with Crippen molar-refractivity contribution in [3.8, 4) is 17.3 Å². The number of carbonyl (C=O) groups excluding carboxylic acids is 1. The highest BCUT2D eigenvalue weighted by Crippen LogP contribution is 2.24. The van der Waals surface area contributed by atoms with Crippen molar-refractivity contribution in [3.05, 3.63) is 59.4 Å². The SMILES string of the molecule is CC1COCCO1.O=Cc1onc(-c2ccc(F)cn2)c1COc1ccc(C(=O)O)cn1. The third-order valence-electron chi connectivity index (χ3n) is 4.23. The van der Waals surface area contributed by atoms with Crippen molar-refractivity contribution in [2.24, 2.45) is 0 Å². The lowest BCUT2D eigenvalue weighted by Crippen LogP contribution is -2.25. The molecule has 0 radical (unpaired) electrons. The summed E-state index contributed by atoms with van der Waals surface area (Å²) >= 11 is 0. The van der Waals surface area contributed by atoms with E-state index in [9.17, 15) is 14.0 Å². The quantitative estimate of drug-likeness (QED) is 0.564. The number of aromatic carboxylic acids is 1. The Morgan fingerprint density at radius 2 is 2.09 bits per heavy atom. The van der Waals surface area contributed by atoms with E-state index in [1.54, 1.807) is 0 Å². The Morgan fingerprint density at radius 3 is 2.62 bits per heavy atom. The molecule has 1 fully saturated rings. The fourth-order valence-electron chi connectivity index (χ4n) is 2.62. The van der Waals surface area contributed by atoms with Gasteiger partial charge in [0, 0.05) is 12.3 Å². The minimum atomic E-state index is -1.11. The van der Waals surface area contributed by atoms with Gasteiger partial charge >= 0.3 is 5.97 Å². The Morgan fingerprint density at radius 1 is 1.25 bits per heavy atom. The van der Waals surface area contributed by atoms with E-state index in [-0.39, 0.29) is 29.5 Å². The number of halogens is 1. The van der Waals surface area contributed by atoms with Crippen molar-refractivity contribution in [1.29, 1.82) is 0 Å². The van der Waals surface area contributed by atoms with Gasteiger partial charge in [-0.05, 0) is 25.1 Å². The zero-order valence-corrected chi connectivity index (χ0v) is 17.1. The van der Waals surface area contributed by atoms with Crippen molar-refractivity contribution < 1.29 is 37.8 Å². The molecule has 1 N–H and O–H groups in total. The summed E-state index contributed by atoms with van der Waals surface area (Å²) in [6, 6.07) is 5.31. The van der Waals surface area contributed by atoms with Gasteiger partial charge < -0.3 is 23.8 Å². The normalized spacial score (nSPS) is 15.4. The third kappa shape index (κ3) is 6.15. The number of aromatic nitrogens is 3. The van der Waals surface area contributed by atoms with Crippen LogP contribution in [0.15, 0.2) is 41.2 Å². The first kappa shape index (κ1) is 23.0. The van der Waals surface area contributed by atoms with Gasteiger partial charge in [0.2, 0.25) is 11.6 Å². The van der Waals surface area contributed by atoms with E-state index in [4.69, 9.17) is 23.8 Å². The van der Waals surface area contributed by atoms with Gasteiger partial charge in [-0.25, -0.2) is 14.2 Å². The molecule has 1 atom stereocenters. The van der Waals surface area contributed by atoms with Crippen LogP contribution in [0.4, 0.5) is 4.39 Å². The second-order valence-electron chi connectivity index (χ2n) is 6.59. The van der Waals surface area contributed by atoms with E-state index in [0.717, 1.165) is 32.2 Å². The lowest BCUT2D eigenvalue weighted by atomic mass is 10.1. The molecular formula is C21H20FN3O7. The van der Waals surface area contributed by atoms with Gasteiger partial charge in [0.05, 0.1) is 48.9 Å². The number of ether oxygens (including phenoxy) is 3. The molecule has 0 aliphatic carbocycles. The van der Waals surface area contributed by atoms with Crippen molar-refractivity contribution in [2.45, 2.75) is 19.6 Å². The predicted molar refractivity (Wildman–Crippen MR) is 107 cm³/mol. The van der Waals surface area contributed by atoms with Crippen LogP contribution in [-0.2, 0) is 16.1 Å². The van der Waals surface area contributed by atoms with E-state index in [1.165, 1.54) is 24.3 Å². The molecule has 1 saturated heterocycles. The van der Waals surface area contributed by atoms with Crippen LogP contribution in [0, 0.1) is 5.82 Å². The third-order valence-corrected chi connectivity index (χ3v) is 4.23. The Bertz CT molecular complexity index is 1030. The number of nitrogens with zero attached hydrogens (tertiary/aromatic N) is 3. The second kappa shape index (κ2) is 11.1. The molecule has 3 aromatic heterocycles. The number of pyridine rings is 2. The van der Waals surface area contributed by atoms with Gasteiger partial charge in [-0.3, -0.25) is 9.78 Å². The largest absolute Gasteiger partial charge is 0.478 e.